The van der Waals surface area contributed by atoms with Crippen LogP contribution in [0.25, 0.3) is 0 Å². The summed E-state index contributed by atoms with van der Waals surface area (Å²) in [7, 11) is 0. The zero-order chi connectivity index (χ0) is 10.9. The van der Waals surface area contributed by atoms with E-state index < -0.39 is 0 Å². The summed E-state index contributed by atoms with van der Waals surface area (Å²) in [6.07, 6.45) is 8.90. The zero-order valence-corrected chi connectivity index (χ0v) is 9.66. The van der Waals surface area contributed by atoms with Gasteiger partial charge in [-0.05, 0) is 45.1 Å². The quantitative estimate of drug-likeness (QED) is 0.637. The van der Waals surface area contributed by atoms with Crippen molar-refractivity contribution in [2.24, 2.45) is 5.73 Å². The molecular formula is C12H25NO2. The molecule has 0 bridgehead atoms. The van der Waals surface area contributed by atoms with Crippen LogP contribution >= 0.6 is 0 Å². The van der Waals surface area contributed by atoms with Crippen molar-refractivity contribution in [1.82, 2.24) is 0 Å². The van der Waals surface area contributed by atoms with Crippen LogP contribution in [0, 0.1) is 0 Å². The summed E-state index contributed by atoms with van der Waals surface area (Å²) in [5, 5.41) is 9.46. The van der Waals surface area contributed by atoms with Crippen LogP contribution in [0.3, 0.4) is 0 Å². The van der Waals surface area contributed by atoms with Crippen LogP contribution < -0.4 is 5.73 Å². The molecule has 3 heteroatoms. The summed E-state index contributed by atoms with van der Waals surface area (Å²) in [6.45, 7) is 1.65. The van der Waals surface area contributed by atoms with Crippen molar-refractivity contribution in [2.45, 2.75) is 63.6 Å². The maximum atomic E-state index is 9.46. The third-order valence-electron chi connectivity index (χ3n) is 3.05. The molecule has 0 saturated heterocycles. The van der Waals surface area contributed by atoms with Gasteiger partial charge in [-0.25, -0.2) is 0 Å². The minimum atomic E-state index is -0.124. The molecule has 0 radical (unpaired) electrons. The lowest BCUT2D eigenvalue weighted by molar-refractivity contribution is -0.0156. The number of unbranched alkanes of at least 4 members (excludes halogenated alkanes) is 3. The van der Waals surface area contributed by atoms with Gasteiger partial charge in [0.1, 0.15) is 0 Å². The van der Waals surface area contributed by atoms with Gasteiger partial charge in [0.25, 0.3) is 0 Å². The van der Waals surface area contributed by atoms with Gasteiger partial charge in [-0.3, -0.25) is 0 Å². The highest BCUT2D eigenvalue weighted by atomic mass is 16.5. The highest BCUT2D eigenvalue weighted by Crippen LogP contribution is 2.21. The average molecular weight is 215 g/mol. The molecular weight excluding hydrogens is 190 g/mol. The number of aliphatic hydroxyl groups excluding tert-OH is 1. The number of hydrogen-bond acceptors (Lipinski definition) is 3. The number of hydrogen-bond donors (Lipinski definition) is 2. The van der Waals surface area contributed by atoms with E-state index in [1.807, 2.05) is 0 Å². The Labute approximate surface area is 93.0 Å². The average Bonchev–Trinajstić information content (AvgIpc) is 2.23. The lowest BCUT2D eigenvalue weighted by atomic mass is 9.95. The molecule has 0 amide bonds. The first-order valence-corrected chi connectivity index (χ1v) is 6.32. The molecule has 3 N–H and O–H groups in total. The summed E-state index contributed by atoms with van der Waals surface area (Å²) < 4.78 is 5.74. The molecule has 0 aliphatic heterocycles. The van der Waals surface area contributed by atoms with Crippen molar-refractivity contribution < 1.29 is 9.84 Å². The predicted molar refractivity (Wildman–Crippen MR) is 61.7 cm³/mol. The van der Waals surface area contributed by atoms with Gasteiger partial charge >= 0.3 is 0 Å². The number of rotatable bonds is 7. The van der Waals surface area contributed by atoms with E-state index in [0.717, 1.165) is 51.7 Å². The molecule has 0 aromatic carbocycles. The summed E-state index contributed by atoms with van der Waals surface area (Å²) in [5.74, 6) is 0. The van der Waals surface area contributed by atoms with E-state index in [1.54, 1.807) is 0 Å². The largest absolute Gasteiger partial charge is 0.393 e. The van der Waals surface area contributed by atoms with Gasteiger partial charge in [0, 0.05) is 6.61 Å². The van der Waals surface area contributed by atoms with Crippen molar-refractivity contribution in [3.05, 3.63) is 0 Å². The molecule has 2 unspecified atom stereocenters. The third kappa shape index (κ3) is 6.13. The molecule has 0 heterocycles. The van der Waals surface area contributed by atoms with Gasteiger partial charge in [0.2, 0.25) is 0 Å². The highest BCUT2D eigenvalue weighted by Gasteiger charge is 2.19. The van der Waals surface area contributed by atoms with Crippen LogP contribution in [0.5, 0.6) is 0 Å². The first kappa shape index (κ1) is 12.9. The maximum absolute atomic E-state index is 9.46. The molecule has 15 heavy (non-hydrogen) atoms. The Hall–Kier alpha value is -0.120. The Morgan fingerprint density at radius 1 is 1.13 bits per heavy atom. The molecule has 1 aliphatic rings. The summed E-state index contributed by atoms with van der Waals surface area (Å²) in [5.41, 5.74) is 5.42. The van der Waals surface area contributed by atoms with E-state index in [9.17, 15) is 5.11 Å². The molecule has 2 atom stereocenters. The van der Waals surface area contributed by atoms with Crippen molar-refractivity contribution in [3.63, 3.8) is 0 Å². The van der Waals surface area contributed by atoms with Crippen molar-refractivity contribution >= 4 is 0 Å². The minimum Gasteiger partial charge on any atom is -0.393 e. The molecule has 3 nitrogen and oxygen atoms in total. The Balaban J connectivity index is 1.90. The normalized spacial score (nSPS) is 26.8. The number of nitrogens with two attached hydrogens (primary N) is 1. The fourth-order valence-corrected chi connectivity index (χ4v) is 2.12. The fourth-order valence-electron chi connectivity index (χ4n) is 2.12. The zero-order valence-electron chi connectivity index (χ0n) is 9.66. The molecule has 1 aliphatic carbocycles. The van der Waals surface area contributed by atoms with Crippen molar-refractivity contribution in [1.29, 1.82) is 0 Å². The summed E-state index contributed by atoms with van der Waals surface area (Å²) in [4.78, 5) is 0. The lowest BCUT2D eigenvalue weighted by Gasteiger charge is -2.25. The monoisotopic (exact) mass is 215 g/mol. The van der Waals surface area contributed by atoms with E-state index in [1.165, 1.54) is 12.8 Å². The van der Waals surface area contributed by atoms with Crippen LogP contribution in [-0.2, 0) is 4.74 Å². The van der Waals surface area contributed by atoms with E-state index in [2.05, 4.69) is 0 Å². The molecule has 0 spiro atoms. The third-order valence-corrected chi connectivity index (χ3v) is 3.05. The van der Waals surface area contributed by atoms with Crippen molar-refractivity contribution in [2.75, 3.05) is 13.2 Å². The second-order valence-electron chi connectivity index (χ2n) is 4.52. The summed E-state index contributed by atoms with van der Waals surface area (Å²) >= 11 is 0. The molecule has 0 aromatic heterocycles. The Bertz CT molecular complexity index is 153. The van der Waals surface area contributed by atoms with Gasteiger partial charge in [0.05, 0.1) is 12.2 Å². The Morgan fingerprint density at radius 3 is 2.67 bits per heavy atom. The van der Waals surface area contributed by atoms with Crippen LogP contribution in [-0.4, -0.2) is 30.5 Å². The predicted octanol–water partition coefficient (Wildman–Crippen LogP) is 1.83. The SMILES string of the molecule is NCCCCCCOC1CCCC(O)C1. The van der Waals surface area contributed by atoms with Gasteiger partial charge in [-0.1, -0.05) is 12.8 Å². The Kier molecular flexibility index (Phi) is 6.98. The first-order chi connectivity index (χ1) is 7.33. The van der Waals surface area contributed by atoms with Gasteiger partial charge < -0.3 is 15.6 Å². The van der Waals surface area contributed by atoms with E-state index in [-0.39, 0.29) is 6.10 Å². The molecule has 1 rings (SSSR count). The Morgan fingerprint density at radius 2 is 1.93 bits per heavy atom. The molecule has 90 valence electrons. The highest BCUT2D eigenvalue weighted by molar-refractivity contribution is 4.72. The van der Waals surface area contributed by atoms with Crippen LogP contribution in [0.4, 0.5) is 0 Å². The van der Waals surface area contributed by atoms with Gasteiger partial charge in [0.15, 0.2) is 0 Å². The fraction of sp³-hybridized carbons (Fsp3) is 1.00. The first-order valence-electron chi connectivity index (χ1n) is 6.32. The van der Waals surface area contributed by atoms with Gasteiger partial charge in [-0.2, -0.15) is 0 Å². The maximum Gasteiger partial charge on any atom is 0.0599 e. The van der Waals surface area contributed by atoms with Crippen LogP contribution in [0.2, 0.25) is 0 Å². The topological polar surface area (TPSA) is 55.5 Å². The smallest absolute Gasteiger partial charge is 0.0599 e. The standard InChI is InChI=1S/C12H25NO2/c13-8-3-1-2-4-9-15-12-7-5-6-11(14)10-12/h11-12,14H,1-10,13H2. The lowest BCUT2D eigenvalue weighted by Crippen LogP contribution is -2.26. The number of aliphatic hydroxyl groups is 1. The van der Waals surface area contributed by atoms with Gasteiger partial charge in [-0.15, -0.1) is 0 Å². The molecule has 1 fully saturated rings. The minimum absolute atomic E-state index is 0.124. The molecule has 1 saturated carbocycles. The van der Waals surface area contributed by atoms with E-state index >= 15 is 0 Å². The second-order valence-corrected chi connectivity index (χ2v) is 4.52. The second kappa shape index (κ2) is 8.08. The number of ether oxygens (including phenoxy) is 1. The van der Waals surface area contributed by atoms with Crippen molar-refractivity contribution in [3.8, 4) is 0 Å². The molecule has 0 aromatic rings. The van der Waals surface area contributed by atoms with Crippen LogP contribution in [0.15, 0.2) is 0 Å². The van der Waals surface area contributed by atoms with E-state index in [0.29, 0.717) is 6.10 Å². The summed E-state index contributed by atoms with van der Waals surface area (Å²) in [6, 6.07) is 0. The van der Waals surface area contributed by atoms with Crippen LogP contribution in [0.1, 0.15) is 51.4 Å². The van der Waals surface area contributed by atoms with E-state index in [4.69, 9.17) is 10.5 Å².